The number of ether oxygens (including phenoxy) is 1. The molecular weight excluding hydrogens is 254 g/mol. The third-order valence-corrected chi connectivity index (χ3v) is 4.97. The standard InChI is InChI=1S/C15H25N3O2/c1-3-7-14(8-6-11-16-14)13-17-12(18-20-13)15(19-2)9-4-5-10-15/h16H,3-11H2,1-2H3. The van der Waals surface area contributed by atoms with E-state index in [0.29, 0.717) is 0 Å². The molecule has 1 atom stereocenters. The van der Waals surface area contributed by atoms with E-state index in [-0.39, 0.29) is 11.1 Å². The Kier molecular flexibility index (Phi) is 3.82. The summed E-state index contributed by atoms with van der Waals surface area (Å²) in [6.45, 7) is 3.24. The van der Waals surface area contributed by atoms with Crippen LogP contribution in [-0.2, 0) is 15.9 Å². The largest absolute Gasteiger partial charge is 0.370 e. The summed E-state index contributed by atoms with van der Waals surface area (Å²) in [7, 11) is 1.76. The fourth-order valence-electron chi connectivity index (χ4n) is 3.80. The van der Waals surface area contributed by atoms with Crippen molar-refractivity contribution in [3.05, 3.63) is 11.7 Å². The Hall–Kier alpha value is -0.940. The summed E-state index contributed by atoms with van der Waals surface area (Å²) >= 11 is 0. The molecule has 1 saturated heterocycles. The molecule has 0 radical (unpaired) electrons. The highest BCUT2D eigenvalue weighted by atomic mass is 16.5. The molecule has 0 amide bonds. The maximum absolute atomic E-state index is 5.75. The molecule has 2 aliphatic rings. The van der Waals surface area contributed by atoms with Gasteiger partial charge in [-0.25, -0.2) is 0 Å². The van der Waals surface area contributed by atoms with Gasteiger partial charge in [-0.05, 0) is 51.5 Å². The number of hydrogen-bond acceptors (Lipinski definition) is 5. The maximum Gasteiger partial charge on any atom is 0.247 e. The first-order valence-electron chi connectivity index (χ1n) is 7.89. The van der Waals surface area contributed by atoms with Gasteiger partial charge in [0, 0.05) is 7.11 Å². The molecule has 1 aromatic rings. The van der Waals surface area contributed by atoms with Gasteiger partial charge in [-0.2, -0.15) is 4.98 Å². The van der Waals surface area contributed by atoms with Crippen LogP contribution in [-0.4, -0.2) is 23.8 Å². The van der Waals surface area contributed by atoms with Gasteiger partial charge in [0.05, 0.1) is 5.54 Å². The Labute approximate surface area is 120 Å². The highest BCUT2D eigenvalue weighted by molar-refractivity contribution is 5.11. The lowest BCUT2D eigenvalue weighted by atomic mass is 9.91. The molecule has 1 aromatic heterocycles. The number of methoxy groups -OCH3 is 1. The number of rotatable bonds is 5. The first-order chi connectivity index (χ1) is 9.75. The van der Waals surface area contributed by atoms with Crippen molar-refractivity contribution < 1.29 is 9.26 Å². The van der Waals surface area contributed by atoms with Gasteiger partial charge in [0.15, 0.2) is 0 Å². The Morgan fingerprint density at radius 3 is 2.65 bits per heavy atom. The molecule has 1 aliphatic heterocycles. The van der Waals surface area contributed by atoms with E-state index in [1.165, 1.54) is 19.3 Å². The summed E-state index contributed by atoms with van der Waals surface area (Å²) in [5, 5.41) is 7.85. The minimum Gasteiger partial charge on any atom is -0.370 e. The molecule has 3 rings (SSSR count). The van der Waals surface area contributed by atoms with Crippen LogP contribution < -0.4 is 5.32 Å². The van der Waals surface area contributed by atoms with E-state index >= 15 is 0 Å². The van der Waals surface area contributed by atoms with Crippen LogP contribution in [0, 0.1) is 0 Å². The van der Waals surface area contributed by atoms with Gasteiger partial charge in [0.1, 0.15) is 5.60 Å². The van der Waals surface area contributed by atoms with Crippen molar-refractivity contribution in [3.63, 3.8) is 0 Å². The fourth-order valence-corrected chi connectivity index (χ4v) is 3.80. The van der Waals surface area contributed by atoms with Crippen LogP contribution in [0.4, 0.5) is 0 Å². The second-order valence-corrected chi connectivity index (χ2v) is 6.19. The van der Waals surface area contributed by atoms with Gasteiger partial charge in [-0.1, -0.05) is 18.5 Å². The van der Waals surface area contributed by atoms with Crippen molar-refractivity contribution in [2.45, 2.75) is 69.4 Å². The predicted octanol–water partition coefficient (Wildman–Crippen LogP) is 2.86. The van der Waals surface area contributed by atoms with Crippen molar-refractivity contribution >= 4 is 0 Å². The molecule has 112 valence electrons. The highest BCUT2D eigenvalue weighted by Gasteiger charge is 2.44. The lowest BCUT2D eigenvalue weighted by Gasteiger charge is -2.25. The van der Waals surface area contributed by atoms with Crippen LogP contribution in [0.15, 0.2) is 4.52 Å². The number of hydrogen-bond donors (Lipinski definition) is 1. The Bertz CT molecular complexity index is 446. The van der Waals surface area contributed by atoms with E-state index in [1.807, 2.05) is 0 Å². The number of nitrogens with zero attached hydrogens (tertiary/aromatic N) is 2. The first-order valence-corrected chi connectivity index (χ1v) is 7.89. The summed E-state index contributed by atoms with van der Waals surface area (Å²) in [4.78, 5) is 4.74. The van der Waals surface area contributed by atoms with Crippen LogP contribution in [0.25, 0.3) is 0 Å². The second-order valence-electron chi connectivity index (χ2n) is 6.19. The van der Waals surface area contributed by atoms with E-state index in [9.17, 15) is 0 Å². The summed E-state index contributed by atoms with van der Waals surface area (Å²) < 4.78 is 11.4. The predicted molar refractivity (Wildman–Crippen MR) is 75.3 cm³/mol. The van der Waals surface area contributed by atoms with Crippen molar-refractivity contribution in [2.75, 3.05) is 13.7 Å². The maximum atomic E-state index is 5.75. The van der Waals surface area contributed by atoms with E-state index in [1.54, 1.807) is 7.11 Å². The molecule has 1 N–H and O–H groups in total. The average molecular weight is 279 g/mol. The van der Waals surface area contributed by atoms with Crippen molar-refractivity contribution in [3.8, 4) is 0 Å². The molecule has 1 unspecified atom stereocenters. The average Bonchev–Trinajstić information content (AvgIpc) is 3.20. The van der Waals surface area contributed by atoms with Crippen LogP contribution in [0.2, 0.25) is 0 Å². The van der Waals surface area contributed by atoms with Crippen LogP contribution in [0.1, 0.15) is 70.0 Å². The van der Waals surface area contributed by atoms with E-state index in [0.717, 1.165) is 50.4 Å². The van der Waals surface area contributed by atoms with Gasteiger partial charge in [-0.3, -0.25) is 0 Å². The summed E-state index contributed by atoms with van der Waals surface area (Å²) in [6.07, 6.45) is 8.77. The summed E-state index contributed by atoms with van der Waals surface area (Å²) in [5.74, 6) is 1.51. The van der Waals surface area contributed by atoms with E-state index < -0.39 is 0 Å². The Balaban J connectivity index is 1.89. The van der Waals surface area contributed by atoms with Crippen molar-refractivity contribution in [1.82, 2.24) is 15.5 Å². The molecule has 5 nitrogen and oxygen atoms in total. The second kappa shape index (κ2) is 5.45. The smallest absolute Gasteiger partial charge is 0.247 e. The van der Waals surface area contributed by atoms with Gasteiger partial charge in [0.25, 0.3) is 0 Å². The summed E-state index contributed by atoms with van der Waals surface area (Å²) in [5.41, 5.74) is -0.415. The van der Waals surface area contributed by atoms with Crippen molar-refractivity contribution in [2.24, 2.45) is 0 Å². The third kappa shape index (κ3) is 2.17. The molecule has 0 bridgehead atoms. The zero-order valence-electron chi connectivity index (χ0n) is 12.6. The lowest BCUT2D eigenvalue weighted by Crippen LogP contribution is -2.37. The van der Waals surface area contributed by atoms with E-state index in [2.05, 4.69) is 17.4 Å². The molecule has 5 heteroatoms. The number of nitrogens with one attached hydrogen (secondary N) is 1. The molecule has 1 saturated carbocycles. The zero-order valence-corrected chi connectivity index (χ0v) is 12.6. The topological polar surface area (TPSA) is 60.2 Å². The van der Waals surface area contributed by atoms with Crippen molar-refractivity contribution in [1.29, 1.82) is 0 Å². The molecule has 0 spiro atoms. The van der Waals surface area contributed by atoms with Crippen LogP contribution in [0.3, 0.4) is 0 Å². The highest BCUT2D eigenvalue weighted by Crippen LogP contribution is 2.42. The van der Waals surface area contributed by atoms with Gasteiger partial charge in [0.2, 0.25) is 11.7 Å². The van der Waals surface area contributed by atoms with Crippen LogP contribution >= 0.6 is 0 Å². The SMILES string of the molecule is CCCC1(c2nc(C3(OC)CCCC3)no2)CCCN1. The monoisotopic (exact) mass is 279 g/mol. The summed E-state index contributed by atoms with van der Waals surface area (Å²) in [6, 6.07) is 0. The van der Waals surface area contributed by atoms with Gasteiger partial charge < -0.3 is 14.6 Å². The lowest BCUT2D eigenvalue weighted by molar-refractivity contribution is -0.0178. The Morgan fingerprint density at radius 2 is 2.05 bits per heavy atom. The number of aromatic nitrogens is 2. The fraction of sp³-hybridized carbons (Fsp3) is 0.867. The first kappa shape index (κ1) is 14.0. The van der Waals surface area contributed by atoms with Gasteiger partial charge in [-0.15, -0.1) is 0 Å². The quantitative estimate of drug-likeness (QED) is 0.898. The molecule has 2 heterocycles. The molecule has 0 aromatic carbocycles. The molecular formula is C15H25N3O2. The zero-order chi connectivity index (χ0) is 14.1. The Morgan fingerprint density at radius 1 is 1.25 bits per heavy atom. The minimum atomic E-state index is -0.312. The minimum absolute atomic E-state index is 0.104. The van der Waals surface area contributed by atoms with Crippen LogP contribution in [0.5, 0.6) is 0 Å². The van der Waals surface area contributed by atoms with E-state index in [4.69, 9.17) is 14.2 Å². The normalized spacial score (nSPS) is 29.1. The van der Waals surface area contributed by atoms with Gasteiger partial charge >= 0.3 is 0 Å². The molecule has 1 aliphatic carbocycles. The third-order valence-electron chi connectivity index (χ3n) is 4.97. The molecule has 2 fully saturated rings. The molecule has 20 heavy (non-hydrogen) atoms.